The van der Waals surface area contributed by atoms with Gasteiger partial charge in [0.15, 0.2) is 0 Å². The van der Waals surface area contributed by atoms with Crippen molar-refractivity contribution in [2.75, 3.05) is 32.8 Å². The molecule has 1 aromatic carbocycles. The third-order valence-electron chi connectivity index (χ3n) is 3.23. The number of carbonyl (C=O) groups is 1. The van der Waals surface area contributed by atoms with Crippen molar-refractivity contribution >= 4 is 23.2 Å². The van der Waals surface area contributed by atoms with Crippen LogP contribution in [-0.2, 0) is 9.53 Å². The summed E-state index contributed by atoms with van der Waals surface area (Å²) in [5, 5.41) is 3.10. The third kappa shape index (κ3) is 2.82. The Bertz CT molecular complexity index is 515. The fraction of sp³-hybridized carbons (Fsp3) is 0.462. The Kier molecular flexibility index (Phi) is 4.37. The fourth-order valence-electron chi connectivity index (χ4n) is 1.96. The number of amides is 1. The lowest BCUT2D eigenvalue weighted by Gasteiger charge is -2.21. The zero-order valence-electron chi connectivity index (χ0n) is 11.4. The molecule has 1 aliphatic heterocycles. The fourth-order valence-corrected chi connectivity index (χ4v) is 2.21. The Morgan fingerprint density at radius 2 is 2.10 bits per heavy atom. The van der Waals surface area contributed by atoms with Crippen LogP contribution in [-0.4, -0.2) is 38.9 Å². The molecule has 0 saturated carbocycles. The van der Waals surface area contributed by atoms with Gasteiger partial charge in [0, 0.05) is 12.7 Å². The van der Waals surface area contributed by atoms with E-state index in [1.165, 1.54) is 14.2 Å². The van der Waals surface area contributed by atoms with E-state index in [4.69, 9.17) is 31.5 Å². The van der Waals surface area contributed by atoms with Gasteiger partial charge in [0.05, 0.1) is 31.5 Å². The summed E-state index contributed by atoms with van der Waals surface area (Å²) in [5.74, 6) is 0.588. The lowest BCUT2D eigenvalue weighted by molar-refractivity contribution is -0.121. The van der Waals surface area contributed by atoms with Crippen LogP contribution in [0.4, 0.5) is 5.69 Å². The number of ether oxygens (including phenoxy) is 3. The minimum absolute atomic E-state index is 0.199. The quantitative estimate of drug-likeness (QED) is 0.878. The second kappa shape index (κ2) is 5.87. The van der Waals surface area contributed by atoms with Gasteiger partial charge in [-0.15, -0.1) is 0 Å². The normalized spacial score (nSPS) is 21.6. The standard InChI is InChI=1S/C13H17ClN2O4/c1-18-10-6-11(19-2)9(5-8(10)14)16-12(17)13(15)3-4-20-7-13/h5-6H,3-4,7,15H2,1-2H3,(H,16,17). The number of halogens is 1. The second-order valence-electron chi connectivity index (χ2n) is 4.60. The highest BCUT2D eigenvalue weighted by Crippen LogP contribution is 2.36. The van der Waals surface area contributed by atoms with Crippen molar-refractivity contribution in [3.63, 3.8) is 0 Å². The molecule has 1 aromatic rings. The number of rotatable bonds is 4. The highest BCUT2D eigenvalue weighted by atomic mass is 35.5. The van der Waals surface area contributed by atoms with E-state index in [0.29, 0.717) is 35.2 Å². The second-order valence-corrected chi connectivity index (χ2v) is 5.01. The number of carbonyl (C=O) groups excluding carboxylic acids is 1. The van der Waals surface area contributed by atoms with Crippen molar-refractivity contribution in [1.82, 2.24) is 0 Å². The van der Waals surface area contributed by atoms with Gasteiger partial charge in [-0.05, 0) is 12.5 Å². The van der Waals surface area contributed by atoms with Crippen LogP contribution < -0.4 is 20.5 Å². The third-order valence-corrected chi connectivity index (χ3v) is 3.52. The Balaban J connectivity index is 2.24. The van der Waals surface area contributed by atoms with Crippen molar-refractivity contribution in [1.29, 1.82) is 0 Å². The number of nitrogens with one attached hydrogen (secondary N) is 1. The summed E-state index contributed by atoms with van der Waals surface area (Å²) in [4.78, 5) is 12.2. The summed E-state index contributed by atoms with van der Waals surface area (Å²) in [6.45, 7) is 0.676. The maximum absolute atomic E-state index is 12.2. The molecular formula is C13H17ClN2O4. The Morgan fingerprint density at radius 3 is 2.65 bits per heavy atom. The van der Waals surface area contributed by atoms with Crippen LogP contribution in [0.25, 0.3) is 0 Å². The van der Waals surface area contributed by atoms with E-state index in [9.17, 15) is 4.79 Å². The van der Waals surface area contributed by atoms with Crippen LogP contribution in [0.2, 0.25) is 5.02 Å². The van der Waals surface area contributed by atoms with Gasteiger partial charge >= 0.3 is 0 Å². The highest BCUT2D eigenvalue weighted by molar-refractivity contribution is 6.32. The SMILES string of the molecule is COc1cc(OC)c(NC(=O)C2(N)CCOC2)cc1Cl. The van der Waals surface area contributed by atoms with Gasteiger partial charge in [-0.2, -0.15) is 0 Å². The van der Waals surface area contributed by atoms with E-state index < -0.39 is 5.54 Å². The van der Waals surface area contributed by atoms with E-state index in [0.717, 1.165) is 0 Å². The van der Waals surface area contributed by atoms with E-state index in [2.05, 4.69) is 5.32 Å². The van der Waals surface area contributed by atoms with E-state index in [1.54, 1.807) is 12.1 Å². The van der Waals surface area contributed by atoms with Crippen molar-refractivity contribution in [3.05, 3.63) is 17.2 Å². The number of methoxy groups -OCH3 is 2. The maximum atomic E-state index is 12.2. The minimum Gasteiger partial charge on any atom is -0.495 e. The molecule has 0 spiro atoms. The van der Waals surface area contributed by atoms with Gasteiger partial charge in [0.25, 0.3) is 0 Å². The van der Waals surface area contributed by atoms with Gasteiger partial charge in [-0.25, -0.2) is 0 Å². The van der Waals surface area contributed by atoms with Crippen molar-refractivity contribution < 1.29 is 19.0 Å². The summed E-state index contributed by atoms with van der Waals surface area (Å²) in [5.41, 5.74) is 5.43. The molecule has 110 valence electrons. The Morgan fingerprint density at radius 1 is 1.40 bits per heavy atom. The largest absolute Gasteiger partial charge is 0.495 e. The molecule has 20 heavy (non-hydrogen) atoms. The number of anilines is 1. The molecule has 1 fully saturated rings. The van der Waals surface area contributed by atoms with E-state index >= 15 is 0 Å². The number of benzene rings is 1. The van der Waals surface area contributed by atoms with Gasteiger partial charge in [0.1, 0.15) is 17.0 Å². The number of hydrogen-bond acceptors (Lipinski definition) is 5. The van der Waals surface area contributed by atoms with Crippen molar-refractivity contribution in [2.24, 2.45) is 5.73 Å². The molecule has 1 unspecified atom stereocenters. The molecule has 1 amide bonds. The Hall–Kier alpha value is -1.50. The molecule has 0 aromatic heterocycles. The minimum atomic E-state index is -1.02. The summed E-state index contributed by atoms with van der Waals surface area (Å²) < 4.78 is 15.5. The molecule has 1 aliphatic rings. The number of nitrogens with two attached hydrogens (primary N) is 1. The summed E-state index contributed by atoms with van der Waals surface area (Å²) in [7, 11) is 3.00. The number of hydrogen-bond donors (Lipinski definition) is 2. The summed E-state index contributed by atoms with van der Waals surface area (Å²) >= 11 is 6.05. The van der Waals surface area contributed by atoms with Crippen LogP contribution in [0.15, 0.2) is 12.1 Å². The summed E-state index contributed by atoms with van der Waals surface area (Å²) in [6.07, 6.45) is 0.477. The first-order valence-corrected chi connectivity index (χ1v) is 6.47. The monoisotopic (exact) mass is 300 g/mol. The molecule has 0 aliphatic carbocycles. The van der Waals surface area contributed by atoms with Crippen LogP contribution in [0.5, 0.6) is 11.5 Å². The zero-order valence-corrected chi connectivity index (χ0v) is 12.1. The molecule has 0 radical (unpaired) electrons. The van der Waals surface area contributed by atoms with Crippen LogP contribution in [0.3, 0.4) is 0 Å². The first-order valence-electron chi connectivity index (χ1n) is 6.10. The van der Waals surface area contributed by atoms with Gasteiger partial charge in [-0.3, -0.25) is 4.79 Å². The van der Waals surface area contributed by atoms with Crippen LogP contribution >= 0.6 is 11.6 Å². The average Bonchev–Trinajstić information content (AvgIpc) is 2.87. The first-order chi connectivity index (χ1) is 9.50. The molecule has 2 rings (SSSR count). The van der Waals surface area contributed by atoms with Gasteiger partial charge < -0.3 is 25.3 Å². The maximum Gasteiger partial charge on any atom is 0.247 e. The van der Waals surface area contributed by atoms with Gasteiger partial charge in [-0.1, -0.05) is 11.6 Å². The van der Waals surface area contributed by atoms with Crippen molar-refractivity contribution in [3.8, 4) is 11.5 Å². The molecule has 6 nitrogen and oxygen atoms in total. The molecule has 1 heterocycles. The first kappa shape index (κ1) is 14.9. The topological polar surface area (TPSA) is 82.8 Å². The zero-order chi connectivity index (χ0) is 14.8. The van der Waals surface area contributed by atoms with Crippen molar-refractivity contribution in [2.45, 2.75) is 12.0 Å². The van der Waals surface area contributed by atoms with Crippen LogP contribution in [0.1, 0.15) is 6.42 Å². The molecule has 3 N–H and O–H groups in total. The predicted octanol–water partition coefficient (Wildman–Crippen LogP) is 1.41. The van der Waals surface area contributed by atoms with Crippen LogP contribution in [0, 0.1) is 0 Å². The molecule has 7 heteroatoms. The van der Waals surface area contributed by atoms with E-state index in [-0.39, 0.29) is 12.5 Å². The molecule has 1 saturated heterocycles. The Labute approximate surface area is 122 Å². The molecule has 1 atom stereocenters. The lowest BCUT2D eigenvalue weighted by Crippen LogP contribution is -2.51. The van der Waals surface area contributed by atoms with E-state index in [1.807, 2.05) is 0 Å². The predicted molar refractivity (Wildman–Crippen MR) is 75.5 cm³/mol. The lowest BCUT2D eigenvalue weighted by atomic mass is 9.99. The molecule has 0 bridgehead atoms. The smallest absolute Gasteiger partial charge is 0.247 e. The summed E-state index contributed by atoms with van der Waals surface area (Å²) in [6, 6.07) is 3.17. The highest BCUT2D eigenvalue weighted by Gasteiger charge is 2.38. The van der Waals surface area contributed by atoms with Gasteiger partial charge in [0.2, 0.25) is 5.91 Å². The molecular weight excluding hydrogens is 284 g/mol. The average molecular weight is 301 g/mol.